The maximum Gasteiger partial charge on any atom is 0.326 e. The van der Waals surface area contributed by atoms with Gasteiger partial charge in [-0.25, -0.2) is 4.79 Å². The molecule has 1 fully saturated rings. The van der Waals surface area contributed by atoms with Crippen LogP contribution < -0.4 is 16.4 Å². The summed E-state index contributed by atoms with van der Waals surface area (Å²) in [5, 5.41) is 14.6. The lowest BCUT2D eigenvalue weighted by Crippen LogP contribution is -2.41. The Morgan fingerprint density at radius 2 is 2.11 bits per heavy atom. The van der Waals surface area contributed by atoms with E-state index in [9.17, 15) is 14.4 Å². The van der Waals surface area contributed by atoms with Gasteiger partial charge in [0, 0.05) is 12.8 Å². The number of amides is 2. The van der Waals surface area contributed by atoms with Crippen LogP contribution in [0.2, 0.25) is 0 Å². The SMILES string of the molecule is NC(=O)CC[C@@H](NC(=O)CCC1CCNC1)C(=O)O. The van der Waals surface area contributed by atoms with Crippen molar-refractivity contribution in [1.82, 2.24) is 10.6 Å². The lowest BCUT2D eigenvalue weighted by molar-refractivity contribution is -0.142. The van der Waals surface area contributed by atoms with Gasteiger partial charge in [0.1, 0.15) is 6.04 Å². The van der Waals surface area contributed by atoms with Crippen LogP contribution in [0.5, 0.6) is 0 Å². The Hall–Kier alpha value is -1.63. The van der Waals surface area contributed by atoms with E-state index in [1.54, 1.807) is 0 Å². The molecule has 0 aliphatic carbocycles. The van der Waals surface area contributed by atoms with Crippen LogP contribution in [0.15, 0.2) is 0 Å². The van der Waals surface area contributed by atoms with E-state index in [4.69, 9.17) is 10.8 Å². The molecule has 0 radical (unpaired) electrons. The van der Waals surface area contributed by atoms with E-state index in [2.05, 4.69) is 10.6 Å². The van der Waals surface area contributed by atoms with Crippen LogP contribution in [0.3, 0.4) is 0 Å². The standard InChI is InChI=1S/C12H21N3O4/c13-10(16)3-2-9(12(18)19)15-11(17)4-1-8-5-6-14-7-8/h8-9,14H,1-7H2,(H2,13,16)(H,15,17)(H,18,19)/t8?,9-/m1/s1. The molecule has 5 N–H and O–H groups in total. The van der Waals surface area contributed by atoms with Crippen molar-refractivity contribution in [3.05, 3.63) is 0 Å². The molecule has 1 rings (SSSR count). The lowest BCUT2D eigenvalue weighted by Gasteiger charge is -2.14. The van der Waals surface area contributed by atoms with Gasteiger partial charge in [-0.15, -0.1) is 0 Å². The van der Waals surface area contributed by atoms with Crippen LogP contribution in [0.25, 0.3) is 0 Å². The Morgan fingerprint density at radius 1 is 1.37 bits per heavy atom. The summed E-state index contributed by atoms with van der Waals surface area (Å²) in [6.07, 6.45) is 2.09. The fourth-order valence-corrected chi connectivity index (χ4v) is 2.11. The average molecular weight is 271 g/mol. The topological polar surface area (TPSA) is 122 Å². The third-order valence-corrected chi connectivity index (χ3v) is 3.25. The highest BCUT2D eigenvalue weighted by Crippen LogP contribution is 2.14. The quantitative estimate of drug-likeness (QED) is 0.461. The summed E-state index contributed by atoms with van der Waals surface area (Å²) in [6.45, 7) is 1.89. The molecule has 7 heteroatoms. The van der Waals surface area contributed by atoms with Crippen molar-refractivity contribution in [2.45, 2.75) is 38.1 Å². The Kier molecular flexibility index (Phi) is 6.27. The van der Waals surface area contributed by atoms with Crippen molar-refractivity contribution in [1.29, 1.82) is 0 Å². The van der Waals surface area contributed by atoms with Gasteiger partial charge in [-0.1, -0.05) is 0 Å². The minimum atomic E-state index is -1.14. The number of carbonyl (C=O) groups excluding carboxylic acids is 2. The molecule has 2 amide bonds. The summed E-state index contributed by atoms with van der Waals surface area (Å²) in [5.41, 5.74) is 4.96. The second-order valence-electron chi connectivity index (χ2n) is 4.86. The van der Waals surface area contributed by atoms with Gasteiger partial charge >= 0.3 is 5.97 Å². The normalized spacial score (nSPS) is 19.9. The van der Waals surface area contributed by atoms with Crippen molar-refractivity contribution in [2.75, 3.05) is 13.1 Å². The van der Waals surface area contributed by atoms with Gasteiger partial charge in [0.2, 0.25) is 11.8 Å². The molecule has 1 heterocycles. The highest BCUT2D eigenvalue weighted by atomic mass is 16.4. The molecule has 0 aromatic heterocycles. The van der Waals surface area contributed by atoms with Crippen LogP contribution in [0.4, 0.5) is 0 Å². The molecule has 7 nitrogen and oxygen atoms in total. The van der Waals surface area contributed by atoms with Crippen molar-refractivity contribution in [3.8, 4) is 0 Å². The molecular weight excluding hydrogens is 250 g/mol. The molecule has 1 saturated heterocycles. The van der Waals surface area contributed by atoms with Crippen molar-refractivity contribution in [2.24, 2.45) is 11.7 Å². The molecule has 2 atom stereocenters. The maximum atomic E-state index is 11.6. The summed E-state index contributed by atoms with van der Waals surface area (Å²) >= 11 is 0. The number of nitrogens with two attached hydrogens (primary N) is 1. The predicted molar refractivity (Wildman–Crippen MR) is 68.2 cm³/mol. The lowest BCUT2D eigenvalue weighted by atomic mass is 10.0. The van der Waals surface area contributed by atoms with Crippen molar-refractivity contribution >= 4 is 17.8 Å². The highest BCUT2D eigenvalue weighted by molar-refractivity contribution is 5.84. The minimum Gasteiger partial charge on any atom is -0.480 e. The van der Waals surface area contributed by atoms with E-state index in [1.165, 1.54) is 0 Å². The van der Waals surface area contributed by atoms with Crippen molar-refractivity contribution < 1.29 is 19.5 Å². The highest BCUT2D eigenvalue weighted by Gasteiger charge is 2.21. The first-order chi connectivity index (χ1) is 8.99. The van der Waals surface area contributed by atoms with Gasteiger partial charge in [-0.2, -0.15) is 0 Å². The number of carboxylic acid groups (broad SMARTS) is 1. The van der Waals surface area contributed by atoms with E-state index in [-0.39, 0.29) is 18.7 Å². The Balaban J connectivity index is 2.29. The molecule has 1 unspecified atom stereocenters. The van der Waals surface area contributed by atoms with Crippen LogP contribution in [-0.2, 0) is 14.4 Å². The summed E-state index contributed by atoms with van der Waals surface area (Å²) in [5.74, 6) is -1.52. The number of carboxylic acids is 1. The number of hydrogen-bond acceptors (Lipinski definition) is 4. The number of rotatable bonds is 8. The molecule has 108 valence electrons. The first-order valence-electron chi connectivity index (χ1n) is 6.50. The third-order valence-electron chi connectivity index (χ3n) is 3.25. The van der Waals surface area contributed by atoms with E-state index < -0.39 is 17.9 Å². The first kappa shape index (κ1) is 15.4. The predicted octanol–water partition coefficient (Wildman–Crippen LogP) is -0.789. The van der Waals surface area contributed by atoms with Gasteiger partial charge in [-0.3, -0.25) is 9.59 Å². The minimum absolute atomic E-state index is 0.0292. The van der Waals surface area contributed by atoms with Gasteiger partial charge < -0.3 is 21.5 Å². The molecule has 0 aromatic carbocycles. The maximum absolute atomic E-state index is 11.6. The number of hydrogen-bond donors (Lipinski definition) is 4. The van der Waals surface area contributed by atoms with E-state index in [0.717, 1.165) is 25.9 Å². The molecule has 1 aliphatic rings. The zero-order valence-electron chi connectivity index (χ0n) is 10.9. The van der Waals surface area contributed by atoms with E-state index in [1.807, 2.05) is 0 Å². The average Bonchev–Trinajstić information content (AvgIpc) is 2.84. The third kappa shape index (κ3) is 6.19. The largest absolute Gasteiger partial charge is 0.480 e. The van der Waals surface area contributed by atoms with Gasteiger partial charge in [0.25, 0.3) is 0 Å². The number of primary amides is 1. The zero-order chi connectivity index (χ0) is 14.3. The number of aliphatic carboxylic acids is 1. The summed E-state index contributed by atoms with van der Waals surface area (Å²) < 4.78 is 0. The Labute approximate surface area is 111 Å². The van der Waals surface area contributed by atoms with Gasteiger partial charge in [0.05, 0.1) is 0 Å². The van der Waals surface area contributed by atoms with Crippen LogP contribution in [-0.4, -0.2) is 42.0 Å². The molecule has 1 aliphatic heterocycles. The molecule has 0 spiro atoms. The summed E-state index contributed by atoms with van der Waals surface area (Å²) in [6, 6.07) is -1.04. The number of nitrogens with one attached hydrogen (secondary N) is 2. The van der Waals surface area contributed by atoms with Gasteiger partial charge in [0.15, 0.2) is 0 Å². The fraction of sp³-hybridized carbons (Fsp3) is 0.750. The molecule has 0 aromatic rings. The van der Waals surface area contributed by atoms with Crippen LogP contribution in [0, 0.1) is 5.92 Å². The first-order valence-corrected chi connectivity index (χ1v) is 6.50. The fourth-order valence-electron chi connectivity index (χ4n) is 2.11. The van der Waals surface area contributed by atoms with Crippen LogP contribution >= 0.6 is 0 Å². The summed E-state index contributed by atoms with van der Waals surface area (Å²) in [4.78, 5) is 33.2. The second kappa shape index (κ2) is 7.73. The smallest absolute Gasteiger partial charge is 0.326 e. The second-order valence-corrected chi connectivity index (χ2v) is 4.86. The number of carbonyl (C=O) groups is 3. The molecule has 19 heavy (non-hydrogen) atoms. The molecule has 0 saturated carbocycles. The zero-order valence-corrected chi connectivity index (χ0v) is 10.9. The van der Waals surface area contributed by atoms with E-state index in [0.29, 0.717) is 12.3 Å². The Bertz CT molecular complexity index is 340. The van der Waals surface area contributed by atoms with Crippen LogP contribution in [0.1, 0.15) is 32.1 Å². The van der Waals surface area contributed by atoms with Crippen molar-refractivity contribution in [3.63, 3.8) is 0 Å². The van der Waals surface area contributed by atoms with E-state index >= 15 is 0 Å². The monoisotopic (exact) mass is 271 g/mol. The Morgan fingerprint density at radius 3 is 2.63 bits per heavy atom. The molecule has 0 bridgehead atoms. The summed E-state index contributed by atoms with van der Waals surface area (Å²) in [7, 11) is 0. The molecular formula is C12H21N3O4. The van der Waals surface area contributed by atoms with Gasteiger partial charge in [-0.05, 0) is 38.3 Å².